The largest absolute Gasteiger partial charge is 0.507 e. The van der Waals surface area contributed by atoms with Gasteiger partial charge in [0.25, 0.3) is 0 Å². The molecule has 0 aliphatic heterocycles. The second-order valence-corrected chi connectivity index (χ2v) is 2.51. The van der Waals surface area contributed by atoms with Gasteiger partial charge in [0, 0.05) is 0 Å². The number of halogens is 1. The van der Waals surface area contributed by atoms with Gasteiger partial charge in [0.2, 0.25) is 0 Å². The topological polar surface area (TPSA) is 29.5 Å². The van der Waals surface area contributed by atoms with Crippen LogP contribution < -0.4 is 4.74 Å². The van der Waals surface area contributed by atoms with Crippen LogP contribution in [0.15, 0.2) is 18.2 Å². The molecule has 1 N–H and O–H groups in total. The number of hydrogen-bond acceptors (Lipinski definition) is 2. The third-order valence-corrected chi connectivity index (χ3v) is 1.66. The lowest BCUT2D eigenvalue weighted by Crippen LogP contribution is -1.93. The van der Waals surface area contributed by atoms with Crippen molar-refractivity contribution in [2.75, 3.05) is 7.11 Å². The molecule has 0 aromatic heterocycles. The van der Waals surface area contributed by atoms with Gasteiger partial charge in [-0.15, -0.1) is 0 Å². The lowest BCUT2D eigenvalue weighted by Gasteiger charge is -2.10. The number of phenolic OH excluding ortho intramolecular Hbond substituents is 1. The summed E-state index contributed by atoms with van der Waals surface area (Å²) in [7, 11) is 1.45. The molecule has 1 aromatic rings. The molecule has 0 bridgehead atoms. The van der Waals surface area contributed by atoms with Crippen LogP contribution in [0.2, 0.25) is 0 Å². The molecule has 2 nitrogen and oxygen atoms in total. The van der Waals surface area contributed by atoms with E-state index in [0.717, 1.165) is 0 Å². The summed E-state index contributed by atoms with van der Waals surface area (Å²) in [5.41, 5.74) is 0.208. The smallest absolute Gasteiger partial charge is 0.129 e. The number of ether oxygens (including phenoxy) is 1. The third kappa shape index (κ3) is 1.49. The second kappa shape index (κ2) is 3.43. The van der Waals surface area contributed by atoms with Crippen molar-refractivity contribution in [1.82, 2.24) is 0 Å². The first-order chi connectivity index (χ1) is 5.66. The summed E-state index contributed by atoms with van der Waals surface area (Å²) < 4.78 is 17.8. The molecule has 0 fully saturated rings. The molecule has 0 amide bonds. The zero-order valence-electron chi connectivity index (χ0n) is 7.04. The number of phenols is 1. The van der Waals surface area contributed by atoms with Gasteiger partial charge >= 0.3 is 0 Å². The second-order valence-electron chi connectivity index (χ2n) is 2.51. The normalized spacial score (nSPS) is 12.6. The predicted molar refractivity (Wildman–Crippen MR) is 44.2 cm³/mol. The minimum absolute atomic E-state index is 0.0654. The van der Waals surface area contributed by atoms with Gasteiger partial charge in [0.05, 0.1) is 12.7 Å². The van der Waals surface area contributed by atoms with E-state index in [1.54, 1.807) is 12.1 Å². The molecule has 0 aliphatic rings. The minimum Gasteiger partial charge on any atom is -0.507 e. The van der Waals surface area contributed by atoms with Crippen molar-refractivity contribution in [3.05, 3.63) is 23.8 Å². The average molecular weight is 170 g/mol. The van der Waals surface area contributed by atoms with Crippen LogP contribution in [0, 0.1) is 0 Å². The Morgan fingerprint density at radius 1 is 1.50 bits per heavy atom. The number of alkyl halides is 1. The van der Waals surface area contributed by atoms with Gasteiger partial charge in [-0.2, -0.15) is 0 Å². The van der Waals surface area contributed by atoms with Crippen LogP contribution in [-0.4, -0.2) is 12.2 Å². The highest BCUT2D eigenvalue weighted by Gasteiger charge is 2.14. The van der Waals surface area contributed by atoms with Gasteiger partial charge in [0.15, 0.2) is 0 Å². The van der Waals surface area contributed by atoms with Crippen LogP contribution in [-0.2, 0) is 0 Å². The monoisotopic (exact) mass is 170 g/mol. The zero-order chi connectivity index (χ0) is 9.14. The molecule has 1 unspecified atom stereocenters. The summed E-state index contributed by atoms with van der Waals surface area (Å²) in [5.74, 6) is 0.314. The van der Waals surface area contributed by atoms with Crippen LogP contribution in [0.3, 0.4) is 0 Å². The molecule has 1 atom stereocenters. The van der Waals surface area contributed by atoms with E-state index >= 15 is 0 Å². The molecule has 0 heterocycles. The Kier molecular flexibility index (Phi) is 2.53. The molecule has 0 saturated carbocycles. The molecule has 0 spiro atoms. The molecule has 3 heteroatoms. The molecular weight excluding hydrogens is 159 g/mol. The summed E-state index contributed by atoms with van der Waals surface area (Å²) in [6.07, 6.45) is -1.22. The summed E-state index contributed by atoms with van der Waals surface area (Å²) in [4.78, 5) is 0. The van der Waals surface area contributed by atoms with E-state index in [2.05, 4.69) is 0 Å². The fourth-order valence-electron chi connectivity index (χ4n) is 1.11. The average Bonchev–Trinajstić information content (AvgIpc) is 2.03. The number of aromatic hydroxyl groups is 1. The third-order valence-electron chi connectivity index (χ3n) is 1.66. The van der Waals surface area contributed by atoms with Crippen molar-refractivity contribution in [2.45, 2.75) is 13.1 Å². The maximum atomic E-state index is 12.9. The first kappa shape index (κ1) is 8.84. The standard InChI is InChI=1S/C9H11FO2/c1-6(10)9-7(11)4-3-5-8(9)12-2/h3-6,11H,1-2H3. The highest BCUT2D eigenvalue weighted by molar-refractivity contribution is 5.45. The van der Waals surface area contributed by atoms with Crippen molar-refractivity contribution in [3.63, 3.8) is 0 Å². The molecule has 12 heavy (non-hydrogen) atoms. The lowest BCUT2D eigenvalue weighted by atomic mass is 10.1. The van der Waals surface area contributed by atoms with Crippen LogP contribution in [0.1, 0.15) is 18.7 Å². The fourth-order valence-corrected chi connectivity index (χ4v) is 1.11. The number of rotatable bonds is 2. The van der Waals surface area contributed by atoms with Crippen LogP contribution in [0.5, 0.6) is 11.5 Å². The van der Waals surface area contributed by atoms with Crippen LogP contribution in [0.4, 0.5) is 4.39 Å². The van der Waals surface area contributed by atoms with Gasteiger partial charge in [0.1, 0.15) is 17.7 Å². The van der Waals surface area contributed by atoms with Crippen molar-refractivity contribution in [3.8, 4) is 11.5 Å². The first-order valence-electron chi connectivity index (χ1n) is 3.66. The first-order valence-corrected chi connectivity index (χ1v) is 3.66. The summed E-state index contributed by atoms with van der Waals surface area (Å²) >= 11 is 0. The van der Waals surface area contributed by atoms with E-state index < -0.39 is 6.17 Å². The van der Waals surface area contributed by atoms with E-state index in [-0.39, 0.29) is 11.3 Å². The zero-order valence-corrected chi connectivity index (χ0v) is 7.04. The van der Waals surface area contributed by atoms with Crippen molar-refractivity contribution in [1.29, 1.82) is 0 Å². The van der Waals surface area contributed by atoms with Crippen LogP contribution >= 0.6 is 0 Å². The Bertz CT molecular complexity index is 271. The van der Waals surface area contributed by atoms with Crippen LogP contribution in [0.25, 0.3) is 0 Å². The van der Waals surface area contributed by atoms with E-state index in [1.807, 2.05) is 0 Å². The number of hydrogen-bond donors (Lipinski definition) is 1. The highest BCUT2D eigenvalue weighted by atomic mass is 19.1. The maximum Gasteiger partial charge on any atom is 0.129 e. The Hall–Kier alpha value is -1.25. The van der Waals surface area contributed by atoms with Gasteiger partial charge in [-0.3, -0.25) is 0 Å². The molecule has 1 aromatic carbocycles. The quantitative estimate of drug-likeness (QED) is 0.738. The molecule has 66 valence electrons. The van der Waals surface area contributed by atoms with Gasteiger partial charge in [-0.25, -0.2) is 4.39 Å². The maximum absolute atomic E-state index is 12.9. The number of methoxy groups -OCH3 is 1. The molecule has 1 rings (SSSR count). The van der Waals surface area contributed by atoms with Crippen molar-refractivity contribution < 1.29 is 14.2 Å². The van der Waals surface area contributed by atoms with E-state index in [0.29, 0.717) is 5.75 Å². The summed E-state index contributed by atoms with van der Waals surface area (Å²) in [6, 6.07) is 4.67. The predicted octanol–water partition coefficient (Wildman–Crippen LogP) is 2.43. The van der Waals surface area contributed by atoms with E-state index in [1.165, 1.54) is 20.1 Å². The minimum atomic E-state index is -1.22. The Morgan fingerprint density at radius 2 is 2.17 bits per heavy atom. The highest BCUT2D eigenvalue weighted by Crippen LogP contribution is 2.34. The van der Waals surface area contributed by atoms with Gasteiger partial charge < -0.3 is 9.84 Å². The van der Waals surface area contributed by atoms with Crippen molar-refractivity contribution >= 4 is 0 Å². The van der Waals surface area contributed by atoms with E-state index in [9.17, 15) is 9.50 Å². The molecule has 0 radical (unpaired) electrons. The Morgan fingerprint density at radius 3 is 2.58 bits per heavy atom. The SMILES string of the molecule is COc1cccc(O)c1C(C)F. The Balaban J connectivity index is 3.20. The van der Waals surface area contributed by atoms with Gasteiger partial charge in [-0.1, -0.05) is 6.07 Å². The molecule has 0 aliphatic carbocycles. The summed E-state index contributed by atoms with van der Waals surface area (Å²) in [5, 5.41) is 9.27. The number of benzene rings is 1. The van der Waals surface area contributed by atoms with Crippen molar-refractivity contribution in [2.24, 2.45) is 0 Å². The summed E-state index contributed by atoms with van der Waals surface area (Å²) in [6.45, 7) is 1.36. The Labute approximate surface area is 70.6 Å². The lowest BCUT2D eigenvalue weighted by molar-refractivity contribution is 0.331. The molecule has 0 saturated heterocycles. The molecular formula is C9H11FO2. The van der Waals surface area contributed by atoms with Gasteiger partial charge in [-0.05, 0) is 19.1 Å². The van der Waals surface area contributed by atoms with E-state index in [4.69, 9.17) is 4.74 Å². The fraction of sp³-hybridized carbons (Fsp3) is 0.333.